The third kappa shape index (κ3) is 4.91. The zero-order chi connectivity index (χ0) is 23.3. The number of rotatable bonds is 9. The molecule has 2 unspecified atom stereocenters. The number of aliphatic carboxylic acids is 1. The van der Waals surface area contributed by atoms with E-state index in [9.17, 15) is 19.5 Å². The van der Waals surface area contributed by atoms with Crippen LogP contribution in [-0.4, -0.2) is 55.0 Å². The van der Waals surface area contributed by atoms with Crippen LogP contribution in [0.5, 0.6) is 0 Å². The number of hydrogen-bond donors (Lipinski definition) is 3. The van der Waals surface area contributed by atoms with E-state index in [2.05, 4.69) is 10.6 Å². The van der Waals surface area contributed by atoms with Gasteiger partial charge in [-0.3, -0.25) is 4.79 Å². The van der Waals surface area contributed by atoms with Crippen molar-refractivity contribution in [1.82, 2.24) is 10.6 Å². The number of hydrogen-bond acceptors (Lipinski definition) is 5. The molecule has 0 saturated heterocycles. The molecule has 3 rings (SSSR count). The summed E-state index contributed by atoms with van der Waals surface area (Å²) in [5, 5.41) is 14.1. The number of nitrogens with one attached hydrogen (secondary N) is 2. The molecule has 8 heteroatoms. The molecule has 8 nitrogen and oxygen atoms in total. The van der Waals surface area contributed by atoms with Crippen LogP contribution in [0, 0.1) is 0 Å². The molecule has 1 aliphatic carbocycles. The minimum atomic E-state index is -1.15. The highest BCUT2D eigenvalue weighted by atomic mass is 16.5. The number of fused-ring (bicyclic) bond motifs is 3. The van der Waals surface area contributed by atoms with E-state index in [4.69, 9.17) is 9.47 Å². The van der Waals surface area contributed by atoms with E-state index in [1.807, 2.05) is 48.5 Å². The third-order valence-electron chi connectivity index (χ3n) is 5.76. The molecule has 0 radical (unpaired) electrons. The first-order valence-electron chi connectivity index (χ1n) is 10.5. The van der Waals surface area contributed by atoms with Gasteiger partial charge in [-0.05, 0) is 35.6 Å². The Balaban J connectivity index is 1.68. The van der Waals surface area contributed by atoms with Crippen molar-refractivity contribution in [3.63, 3.8) is 0 Å². The van der Waals surface area contributed by atoms with E-state index in [0.717, 1.165) is 22.3 Å². The number of carbonyl (C=O) groups excluding carboxylic acids is 2. The molecule has 32 heavy (non-hydrogen) atoms. The number of alkyl carbamates (subject to hydrolysis) is 1. The Morgan fingerprint density at radius 2 is 1.56 bits per heavy atom. The van der Waals surface area contributed by atoms with E-state index in [1.165, 1.54) is 7.11 Å². The molecule has 2 aromatic rings. The summed E-state index contributed by atoms with van der Waals surface area (Å²) in [6.07, 6.45) is -1.26. The molecule has 0 aliphatic heterocycles. The Kier molecular flexibility index (Phi) is 7.48. The standard InChI is InChI=1S/C24H28N2O6/c1-4-20(23(28)29)25-22(27)21(14(2)31-3)26-24(30)32-13-19-17-11-7-5-9-15(17)16-10-6-8-12-18(16)19/h5-12,14,19-21H,4,13H2,1-3H3,(H,25,27)(H,26,30)(H,28,29)/t14?,20-,21?/m0/s1. The van der Waals surface area contributed by atoms with Crippen molar-refractivity contribution >= 4 is 18.0 Å². The van der Waals surface area contributed by atoms with Crippen LogP contribution in [0.3, 0.4) is 0 Å². The van der Waals surface area contributed by atoms with E-state index < -0.39 is 36.2 Å². The van der Waals surface area contributed by atoms with Gasteiger partial charge >= 0.3 is 12.1 Å². The fourth-order valence-corrected chi connectivity index (χ4v) is 3.90. The molecule has 0 saturated carbocycles. The predicted octanol–water partition coefficient (Wildman–Crippen LogP) is 2.91. The first-order chi connectivity index (χ1) is 15.4. The third-order valence-corrected chi connectivity index (χ3v) is 5.76. The van der Waals surface area contributed by atoms with Crippen molar-refractivity contribution in [2.45, 2.75) is 44.4 Å². The van der Waals surface area contributed by atoms with Crippen molar-refractivity contribution in [1.29, 1.82) is 0 Å². The van der Waals surface area contributed by atoms with Gasteiger partial charge < -0.3 is 25.2 Å². The van der Waals surface area contributed by atoms with Crippen molar-refractivity contribution in [3.8, 4) is 11.1 Å². The first kappa shape index (κ1) is 23.3. The van der Waals surface area contributed by atoms with Crippen LogP contribution in [-0.2, 0) is 19.1 Å². The molecule has 1 aliphatic rings. The molecule has 0 fully saturated rings. The summed E-state index contributed by atoms with van der Waals surface area (Å²) in [4.78, 5) is 36.4. The molecule has 2 amide bonds. The zero-order valence-electron chi connectivity index (χ0n) is 18.3. The highest BCUT2D eigenvalue weighted by molar-refractivity contribution is 5.89. The van der Waals surface area contributed by atoms with Crippen LogP contribution in [0.15, 0.2) is 48.5 Å². The highest BCUT2D eigenvalue weighted by Gasteiger charge is 2.32. The molecular formula is C24H28N2O6. The molecule has 2 aromatic carbocycles. The van der Waals surface area contributed by atoms with Gasteiger partial charge in [0, 0.05) is 13.0 Å². The van der Waals surface area contributed by atoms with Crippen LogP contribution in [0.25, 0.3) is 11.1 Å². The number of methoxy groups -OCH3 is 1. The summed E-state index contributed by atoms with van der Waals surface area (Å²) in [6, 6.07) is 13.8. The number of benzene rings is 2. The van der Waals surface area contributed by atoms with Gasteiger partial charge in [0.15, 0.2) is 0 Å². The fraction of sp³-hybridized carbons (Fsp3) is 0.375. The quantitative estimate of drug-likeness (QED) is 0.553. The van der Waals surface area contributed by atoms with E-state index in [1.54, 1.807) is 13.8 Å². The fourth-order valence-electron chi connectivity index (χ4n) is 3.90. The van der Waals surface area contributed by atoms with E-state index in [0.29, 0.717) is 0 Å². The maximum Gasteiger partial charge on any atom is 0.407 e. The average Bonchev–Trinajstić information content (AvgIpc) is 3.12. The lowest BCUT2D eigenvalue weighted by Gasteiger charge is -2.25. The highest BCUT2D eigenvalue weighted by Crippen LogP contribution is 2.44. The van der Waals surface area contributed by atoms with E-state index >= 15 is 0 Å². The van der Waals surface area contributed by atoms with Gasteiger partial charge in [0.1, 0.15) is 18.7 Å². The summed E-state index contributed by atoms with van der Waals surface area (Å²) in [5.41, 5.74) is 4.38. The second-order valence-corrected chi connectivity index (χ2v) is 7.70. The van der Waals surface area contributed by atoms with Crippen molar-refractivity contribution in [2.24, 2.45) is 0 Å². The topological polar surface area (TPSA) is 114 Å². The largest absolute Gasteiger partial charge is 0.480 e. The van der Waals surface area contributed by atoms with Crippen molar-refractivity contribution < 1.29 is 29.0 Å². The number of carboxylic acid groups (broad SMARTS) is 1. The number of amides is 2. The van der Waals surface area contributed by atoms with Crippen molar-refractivity contribution in [3.05, 3.63) is 59.7 Å². The molecule has 0 spiro atoms. The smallest absolute Gasteiger partial charge is 0.407 e. The second-order valence-electron chi connectivity index (χ2n) is 7.70. The maximum atomic E-state index is 12.6. The lowest BCUT2D eigenvalue weighted by Crippen LogP contribution is -2.56. The summed E-state index contributed by atoms with van der Waals surface area (Å²) < 4.78 is 10.7. The zero-order valence-corrected chi connectivity index (χ0v) is 18.3. The summed E-state index contributed by atoms with van der Waals surface area (Å²) in [6.45, 7) is 3.35. The Bertz CT molecular complexity index is 946. The van der Waals surface area contributed by atoms with Crippen LogP contribution >= 0.6 is 0 Å². The lowest BCUT2D eigenvalue weighted by molar-refractivity contribution is -0.142. The Labute approximate surface area is 186 Å². The first-order valence-corrected chi connectivity index (χ1v) is 10.5. The van der Waals surface area contributed by atoms with Crippen LogP contribution in [0.2, 0.25) is 0 Å². The van der Waals surface area contributed by atoms with Gasteiger partial charge in [0.25, 0.3) is 0 Å². The Morgan fingerprint density at radius 3 is 2.06 bits per heavy atom. The molecule has 3 N–H and O–H groups in total. The van der Waals surface area contributed by atoms with Crippen LogP contribution in [0.4, 0.5) is 4.79 Å². The minimum absolute atomic E-state index is 0.0995. The van der Waals surface area contributed by atoms with Crippen LogP contribution in [0.1, 0.15) is 37.3 Å². The molecule has 170 valence electrons. The second kappa shape index (κ2) is 10.3. The van der Waals surface area contributed by atoms with Gasteiger partial charge in [0.05, 0.1) is 6.10 Å². The normalized spacial score (nSPS) is 15.1. The average molecular weight is 440 g/mol. The maximum absolute atomic E-state index is 12.6. The SMILES string of the molecule is CC[C@H](NC(=O)C(NC(=O)OCC1c2ccccc2-c2ccccc21)C(C)OC)C(=O)O. The summed E-state index contributed by atoms with van der Waals surface area (Å²) in [5.74, 6) is -1.91. The van der Waals surface area contributed by atoms with Gasteiger partial charge in [-0.2, -0.15) is 0 Å². The number of ether oxygens (including phenoxy) is 2. The van der Waals surface area contributed by atoms with Gasteiger partial charge in [-0.1, -0.05) is 55.5 Å². The summed E-state index contributed by atoms with van der Waals surface area (Å²) in [7, 11) is 1.40. The molecule has 0 aromatic heterocycles. The number of carboxylic acids is 1. The predicted molar refractivity (Wildman–Crippen MR) is 118 cm³/mol. The minimum Gasteiger partial charge on any atom is -0.480 e. The summed E-state index contributed by atoms with van der Waals surface area (Å²) >= 11 is 0. The Hall–Kier alpha value is -3.39. The monoisotopic (exact) mass is 440 g/mol. The Morgan fingerprint density at radius 1 is 1.00 bits per heavy atom. The van der Waals surface area contributed by atoms with E-state index in [-0.39, 0.29) is 18.9 Å². The van der Waals surface area contributed by atoms with Crippen molar-refractivity contribution in [2.75, 3.05) is 13.7 Å². The molecule has 0 bridgehead atoms. The number of carbonyl (C=O) groups is 3. The molecule has 0 heterocycles. The van der Waals surface area contributed by atoms with Gasteiger partial charge in [0.2, 0.25) is 5.91 Å². The van der Waals surface area contributed by atoms with Crippen LogP contribution < -0.4 is 10.6 Å². The lowest BCUT2D eigenvalue weighted by atomic mass is 9.98. The van der Waals surface area contributed by atoms with Gasteiger partial charge in [-0.15, -0.1) is 0 Å². The molecule has 3 atom stereocenters. The van der Waals surface area contributed by atoms with Gasteiger partial charge in [-0.25, -0.2) is 9.59 Å². The molecular weight excluding hydrogens is 412 g/mol.